The molecule has 0 N–H and O–H groups in total. The van der Waals surface area contributed by atoms with Crippen LogP contribution in [-0.2, 0) is 11.2 Å². The number of hydrogen-bond donors (Lipinski definition) is 0. The Bertz CT molecular complexity index is 853. The van der Waals surface area contributed by atoms with Gasteiger partial charge in [0.25, 0.3) is 0 Å². The van der Waals surface area contributed by atoms with Gasteiger partial charge < -0.3 is 13.9 Å². The van der Waals surface area contributed by atoms with Gasteiger partial charge in [-0.25, -0.2) is 9.59 Å². The number of ether oxygens (including phenoxy) is 2. The van der Waals surface area contributed by atoms with Crippen molar-refractivity contribution in [3.8, 4) is 5.75 Å². The van der Waals surface area contributed by atoms with Gasteiger partial charge in [0.2, 0.25) is 5.76 Å². The third-order valence-corrected chi connectivity index (χ3v) is 3.69. The first kappa shape index (κ1) is 17.5. The van der Waals surface area contributed by atoms with E-state index in [-0.39, 0.29) is 11.5 Å². The van der Waals surface area contributed by atoms with Crippen LogP contribution in [0.25, 0.3) is 0 Å². The zero-order chi connectivity index (χ0) is 18.2. The molecule has 5 heteroatoms. The third kappa shape index (κ3) is 4.83. The van der Waals surface area contributed by atoms with Crippen LogP contribution < -0.4 is 4.74 Å². The Hall–Kier alpha value is -3.34. The van der Waals surface area contributed by atoms with Gasteiger partial charge in [0, 0.05) is 0 Å². The maximum absolute atomic E-state index is 12.1. The van der Waals surface area contributed by atoms with Gasteiger partial charge in [-0.2, -0.15) is 0 Å². The van der Waals surface area contributed by atoms with Crippen molar-refractivity contribution in [2.45, 2.75) is 12.8 Å². The molecule has 1 heterocycles. The minimum atomic E-state index is -0.622. The van der Waals surface area contributed by atoms with Gasteiger partial charge in [0.05, 0.1) is 18.4 Å². The van der Waals surface area contributed by atoms with E-state index in [1.54, 1.807) is 24.3 Å². The molecule has 0 aliphatic rings. The molecule has 2 aromatic carbocycles. The average Bonchev–Trinajstić information content (AvgIpc) is 3.21. The van der Waals surface area contributed by atoms with Crippen LogP contribution in [0.3, 0.4) is 0 Å². The summed E-state index contributed by atoms with van der Waals surface area (Å²) in [6.45, 7) is 0.324. The zero-order valence-corrected chi connectivity index (χ0v) is 14.1. The van der Waals surface area contributed by atoms with Crippen molar-refractivity contribution in [3.05, 3.63) is 89.9 Å². The predicted molar refractivity (Wildman–Crippen MR) is 95.2 cm³/mol. The molecule has 0 fully saturated rings. The van der Waals surface area contributed by atoms with Gasteiger partial charge in [-0.1, -0.05) is 36.4 Å². The van der Waals surface area contributed by atoms with E-state index in [9.17, 15) is 9.59 Å². The fourth-order valence-electron chi connectivity index (χ4n) is 2.41. The summed E-state index contributed by atoms with van der Waals surface area (Å²) in [6.07, 6.45) is 2.97. The Morgan fingerprint density at radius 2 is 1.73 bits per heavy atom. The van der Waals surface area contributed by atoms with Gasteiger partial charge in [-0.05, 0) is 48.7 Å². The first-order valence-corrected chi connectivity index (χ1v) is 8.29. The largest absolute Gasteiger partial charge is 0.462 e. The summed E-state index contributed by atoms with van der Waals surface area (Å²) in [7, 11) is 0. The van der Waals surface area contributed by atoms with Gasteiger partial charge in [-0.15, -0.1) is 0 Å². The molecule has 0 radical (unpaired) electrons. The second-order valence-electron chi connectivity index (χ2n) is 5.62. The Labute approximate surface area is 151 Å². The van der Waals surface area contributed by atoms with E-state index in [0.717, 1.165) is 12.8 Å². The lowest BCUT2D eigenvalue weighted by atomic mass is 10.1. The molecule has 0 unspecified atom stereocenters. The number of furan rings is 1. The van der Waals surface area contributed by atoms with Crippen molar-refractivity contribution in [1.82, 2.24) is 0 Å². The highest BCUT2D eigenvalue weighted by molar-refractivity contribution is 5.91. The molecule has 0 atom stereocenters. The summed E-state index contributed by atoms with van der Waals surface area (Å²) in [5.41, 5.74) is 1.53. The Kier molecular flexibility index (Phi) is 5.83. The van der Waals surface area contributed by atoms with Crippen LogP contribution >= 0.6 is 0 Å². The monoisotopic (exact) mass is 350 g/mol. The zero-order valence-electron chi connectivity index (χ0n) is 14.1. The molecule has 0 saturated carbocycles. The van der Waals surface area contributed by atoms with Crippen LogP contribution in [0.5, 0.6) is 5.75 Å². The number of rotatable bonds is 7. The number of carbonyl (C=O) groups is 2. The van der Waals surface area contributed by atoms with E-state index in [0.29, 0.717) is 12.2 Å². The Balaban J connectivity index is 1.50. The third-order valence-electron chi connectivity index (χ3n) is 3.69. The lowest BCUT2D eigenvalue weighted by molar-refractivity contribution is 0.0498. The van der Waals surface area contributed by atoms with Crippen molar-refractivity contribution in [2.75, 3.05) is 6.61 Å². The van der Waals surface area contributed by atoms with Crippen LogP contribution in [0.4, 0.5) is 0 Å². The maximum Gasteiger partial charge on any atom is 0.379 e. The predicted octanol–water partition coefficient (Wildman–Crippen LogP) is 4.29. The van der Waals surface area contributed by atoms with Gasteiger partial charge in [0.15, 0.2) is 0 Å². The lowest BCUT2D eigenvalue weighted by Gasteiger charge is -2.07. The number of benzene rings is 2. The highest BCUT2D eigenvalue weighted by Crippen LogP contribution is 2.16. The van der Waals surface area contributed by atoms with Crippen LogP contribution in [-0.4, -0.2) is 18.5 Å². The summed E-state index contributed by atoms with van der Waals surface area (Å²) in [5.74, 6) is -0.721. The van der Waals surface area contributed by atoms with E-state index < -0.39 is 11.9 Å². The molecule has 0 aliphatic carbocycles. The molecular weight excluding hydrogens is 332 g/mol. The first-order valence-electron chi connectivity index (χ1n) is 8.29. The van der Waals surface area contributed by atoms with Crippen molar-refractivity contribution >= 4 is 11.9 Å². The summed E-state index contributed by atoms with van der Waals surface area (Å²) < 4.78 is 15.5. The second-order valence-corrected chi connectivity index (χ2v) is 5.62. The highest BCUT2D eigenvalue weighted by atomic mass is 16.5. The molecule has 3 aromatic rings. The molecule has 0 bridgehead atoms. The van der Waals surface area contributed by atoms with Crippen molar-refractivity contribution in [2.24, 2.45) is 0 Å². The minimum Gasteiger partial charge on any atom is -0.462 e. The number of hydrogen-bond acceptors (Lipinski definition) is 5. The summed E-state index contributed by atoms with van der Waals surface area (Å²) >= 11 is 0. The number of esters is 2. The minimum absolute atomic E-state index is 0.0962. The molecule has 132 valence electrons. The molecule has 3 rings (SSSR count). The second kappa shape index (κ2) is 8.67. The lowest BCUT2D eigenvalue weighted by Crippen LogP contribution is -2.10. The van der Waals surface area contributed by atoms with E-state index >= 15 is 0 Å². The fourth-order valence-corrected chi connectivity index (χ4v) is 2.41. The fraction of sp³-hybridized carbons (Fsp3) is 0.143. The Morgan fingerprint density at radius 3 is 2.50 bits per heavy atom. The van der Waals surface area contributed by atoms with Crippen LogP contribution in [0.1, 0.15) is 32.9 Å². The quantitative estimate of drug-likeness (QED) is 0.361. The summed E-state index contributed by atoms with van der Waals surface area (Å²) in [6, 6.07) is 19.4. The van der Waals surface area contributed by atoms with E-state index in [1.807, 2.05) is 30.3 Å². The molecule has 0 saturated heterocycles. The molecule has 0 aliphatic heterocycles. The number of aryl methyl sites for hydroxylation is 1. The molecule has 1 aromatic heterocycles. The van der Waals surface area contributed by atoms with Gasteiger partial charge >= 0.3 is 11.9 Å². The van der Waals surface area contributed by atoms with E-state index in [2.05, 4.69) is 0 Å². The van der Waals surface area contributed by atoms with Crippen molar-refractivity contribution in [1.29, 1.82) is 0 Å². The molecule has 5 nitrogen and oxygen atoms in total. The molecule has 0 spiro atoms. The molecule has 0 amide bonds. The highest BCUT2D eigenvalue weighted by Gasteiger charge is 2.13. The Morgan fingerprint density at radius 1 is 0.885 bits per heavy atom. The van der Waals surface area contributed by atoms with Crippen LogP contribution in [0.15, 0.2) is 77.4 Å². The van der Waals surface area contributed by atoms with Crippen LogP contribution in [0.2, 0.25) is 0 Å². The summed E-state index contributed by atoms with van der Waals surface area (Å²) in [5, 5.41) is 0. The van der Waals surface area contributed by atoms with Crippen molar-refractivity contribution < 1.29 is 23.5 Å². The van der Waals surface area contributed by atoms with Crippen molar-refractivity contribution in [3.63, 3.8) is 0 Å². The molecule has 26 heavy (non-hydrogen) atoms. The van der Waals surface area contributed by atoms with E-state index in [4.69, 9.17) is 13.9 Å². The normalized spacial score (nSPS) is 10.3. The molecular formula is C21H18O5. The number of carbonyl (C=O) groups excluding carboxylic acids is 2. The topological polar surface area (TPSA) is 65.7 Å². The first-order chi connectivity index (χ1) is 12.7. The van der Waals surface area contributed by atoms with Gasteiger partial charge in [-0.3, -0.25) is 0 Å². The average molecular weight is 350 g/mol. The van der Waals surface area contributed by atoms with Gasteiger partial charge in [0.1, 0.15) is 5.75 Å². The van der Waals surface area contributed by atoms with E-state index in [1.165, 1.54) is 24.0 Å². The van der Waals surface area contributed by atoms with Crippen LogP contribution in [0, 0.1) is 0 Å². The standard InChI is InChI=1S/C21H18O5/c22-20(25-14-5-9-16-7-2-1-3-8-16)17-10-4-11-18(15-17)26-21(23)19-12-6-13-24-19/h1-4,6-8,10-13,15H,5,9,14H2. The summed E-state index contributed by atoms with van der Waals surface area (Å²) in [4.78, 5) is 24.0. The maximum atomic E-state index is 12.1. The smallest absolute Gasteiger partial charge is 0.379 e. The SMILES string of the molecule is O=C(OCCCc1ccccc1)c1cccc(OC(=O)c2ccco2)c1.